The summed E-state index contributed by atoms with van der Waals surface area (Å²) in [7, 11) is 1.81. The van der Waals surface area contributed by atoms with Crippen LogP contribution in [0.3, 0.4) is 0 Å². The van der Waals surface area contributed by atoms with Gasteiger partial charge in [0, 0.05) is 42.5 Å². The Bertz CT molecular complexity index is 525. The second-order valence-corrected chi connectivity index (χ2v) is 5.61. The number of rotatable bonds is 5. The Morgan fingerprint density at radius 2 is 2.05 bits per heavy atom. The topological polar surface area (TPSA) is 41.6 Å². The minimum Gasteiger partial charge on any atom is -0.489 e. The molecule has 1 aliphatic heterocycles. The SMILES string of the molecule is C=C(COc1cc(Cl)cc(NC)c1)C(=O)N1CCCCC1. The molecule has 21 heavy (non-hydrogen) atoms. The van der Waals surface area contributed by atoms with Gasteiger partial charge in [0.1, 0.15) is 12.4 Å². The molecule has 0 saturated carbocycles. The number of likely N-dealkylation sites (tertiary alicyclic amines) is 1. The molecule has 0 spiro atoms. The summed E-state index contributed by atoms with van der Waals surface area (Å²) < 4.78 is 5.63. The normalized spacial score (nSPS) is 14.7. The molecule has 114 valence electrons. The summed E-state index contributed by atoms with van der Waals surface area (Å²) in [5, 5.41) is 3.60. The fourth-order valence-corrected chi connectivity index (χ4v) is 2.57. The second kappa shape index (κ2) is 7.36. The molecule has 1 aliphatic rings. The average molecular weight is 309 g/mol. The van der Waals surface area contributed by atoms with Crippen molar-refractivity contribution in [3.05, 3.63) is 35.4 Å². The standard InChI is InChI=1S/C16H21ClN2O2/c1-12(16(20)19-6-4-3-5-7-19)11-21-15-9-13(17)8-14(10-15)18-2/h8-10,18H,1,3-7,11H2,2H3. The van der Waals surface area contributed by atoms with E-state index in [1.165, 1.54) is 6.42 Å². The van der Waals surface area contributed by atoms with Crippen molar-refractivity contribution >= 4 is 23.2 Å². The van der Waals surface area contributed by atoms with Gasteiger partial charge in [-0.1, -0.05) is 18.2 Å². The van der Waals surface area contributed by atoms with E-state index in [4.69, 9.17) is 16.3 Å². The van der Waals surface area contributed by atoms with Crippen LogP contribution in [0.5, 0.6) is 5.75 Å². The number of hydrogen-bond donors (Lipinski definition) is 1. The van der Waals surface area contributed by atoms with Gasteiger partial charge in [0.25, 0.3) is 5.91 Å². The van der Waals surface area contributed by atoms with E-state index in [9.17, 15) is 4.79 Å². The third-order valence-electron chi connectivity index (χ3n) is 3.52. The van der Waals surface area contributed by atoms with E-state index in [1.54, 1.807) is 6.07 Å². The van der Waals surface area contributed by atoms with Crippen molar-refractivity contribution < 1.29 is 9.53 Å². The quantitative estimate of drug-likeness (QED) is 0.848. The lowest BCUT2D eigenvalue weighted by molar-refractivity contribution is -0.128. The molecule has 0 unspecified atom stereocenters. The third-order valence-corrected chi connectivity index (χ3v) is 3.74. The summed E-state index contributed by atoms with van der Waals surface area (Å²) in [4.78, 5) is 14.1. The van der Waals surface area contributed by atoms with Crippen molar-refractivity contribution in [1.29, 1.82) is 0 Å². The zero-order chi connectivity index (χ0) is 15.2. The van der Waals surface area contributed by atoms with Crippen LogP contribution < -0.4 is 10.1 Å². The molecule has 5 heteroatoms. The molecule has 0 aromatic heterocycles. The Hall–Kier alpha value is -1.68. The number of amides is 1. The Morgan fingerprint density at radius 3 is 2.71 bits per heavy atom. The van der Waals surface area contributed by atoms with Crippen molar-refractivity contribution in [2.75, 3.05) is 32.1 Å². The molecule has 1 aromatic rings. The lowest BCUT2D eigenvalue weighted by Crippen LogP contribution is -2.37. The number of nitrogens with zero attached hydrogens (tertiary/aromatic N) is 1. The molecule has 1 saturated heterocycles. The number of piperidine rings is 1. The maximum absolute atomic E-state index is 12.2. The molecule has 1 amide bonds. The van der Waals surface area contributed by atoms with Crippen molar-refractivity contribution in [2.24, 2.45) is 0 Å². The van der Waals surface area contributed by atoms with Crippen LogP contribution in [0.1, 0.15) is 19.3 Å². The van der Waals surface area contributed by atoms with E-state index in [0.717, 1.165) is 31.6 Å². The first kappa shape index (κ1) is 15.7. The van der Waals surface area contributed by atoms with Gasteiger partial charge in [0.15, 0.2) is 0 Å². The highest BCUT2D eigenvalue weighted by atomic mass is 35.5. The maximum Gasteiger partial charge on any atom is 0.252 e. The zero-order valence-electron chi connectivity index (χ0n) is 12.3. The van der Waals surface area contributed by atoms with Gasteiger partial charge in [-0.25, -0.2) is 0 Å². The summed E-state index contributed by atoms with van der Waals surface area (Å²) in [5.41, 5.74) is 1.34. The third kappa shape index (κ3) is 4.39. The van der Waals surface area contributed by atoms with Crippen LogP contribution in [0.15, 0.2) is 30.4 Å². The number of carbonyl (C=O) groups excluding carboxylic acids is 1. The van der Waals surface area contributed by atoms with Gasteiger partial charge in [0.05, 0.1) is 0 Å². The summed E-state index contributed by atoms with van der Waals surface area (Å²) in [5.74, 6) is 0.616. The van der Waals surface area contributed by atoms with Gasteiger partial charge in [0.2, 0.25) is 0 Å². The van der Waals surface area contributed by atoms with Crippen LogP contribution in [0.2, 0.25) is 5.02 Å². The van der Waals surface area contributed by atoms with Gasteiger partial charge in [-0.2, -0.15) is 0 Å². The summed E-state index contributed by atoms with van der Waals surface area (Å²) >= 11 is 6.01. The molecule has 1 fully saturated rings. The lowest BCUT2D eigenvalue weighted by Gasteiger charge is -2.27. The van der Waals surface area contributed by atoms with Gasteiger partial charge in [-0.05, 0) is 31.4 Å². The Balaban J connectivity index is 1.91. The molecule has 1 aromatic carbocycles. The number of carbonyl (C=O) groups is 1. The number of halogens is 1. The Labute approximate surface area is 130 Å². The highest BCUT2D eigenvalue weighted by molar-refractivity contribution is 6.31. The highest BCUT2D eigenvalue weighted by Crippen LogP contribution is 2.24. The molecule has 1 N–H and O–H groups in total. The highest BCUT2D eigenvalue weighted by Gasteiger charge is 2.19. The molecule has 4 nitrogen and oxygen atoms in total. The molecular weight excluding hydrogens is 288 g/mol. The molecular formula is C16H21ClN2O2. The first-order valence-corrected chi connectivity index (χ1v) is 7.56. The lowest BCUT2D eigenvalue weighted by atomic mass is 10.1. The molecule has 0 radical (unpaired) electrons. The molecule has 1 heterocycles. The first-order valence-electron chi connectivity index (χ1n) is 7.18. The van der Waals surface area contributed by atoms with E-state index in [0.29, 0.717) is 16.3 Å². The van der Waals surface area contributed by atoms with Crippen molar-refractivity contribution in [3.63, 3.8) is 0 Å². The van der Waals surface area contributed by atoms with Gasteiger partial charge in [-0.3, -0.25) is 4.79 Å². The predicted molar refractivity (Wildman–Crippen MR) is 86.1 cm³/mol. The molecule has 0 aliphatic carbocycles. The van der Waals surface area contributed by atoms with Gasteiger partial charge in [-0.15, -0.1) is 0 Å². The largest absolute Gasteiger partial charge is 0.489 e. The minimum absolute atomic E-state index is 0.00873. The Kier molecular flexibility index (Phi) is 5.51. The van der Waals surface area contributed by atoms with Gasteiger partial charge < -0.3 is 15.0 Å². The molecule has 0 bridgehead atoms. The number of benzene rings is 1. The van der Waals surface area contributed by atoms with Crippen molar-refractivity contribution in [2.45, 2.75) is 19.3 Å². The van der Waals surface area contributed by atoms with Crippen LogP contribution in [0, 0.1) is 0 Å². The monoisotopic (exact) mass is 308 g/mol. The van der Waals surface area contributed by atoms with Crippen LogP contribution in [-0.4, -0.2) is 37.6 Å². The van der Waals surface area contributed by atoms with E-state index >= 15 is 0 Å². The fourth-order valence-electron chi connectivity index (χ4n) is 2.34. The van der Waals surface area contributed by atoms with E-state index in [-0.39, 0.29) is 12.5 Å². The van der Waals surface area contributed by atoms with Crippen LogP contribution >= 0.6 is 11.6 Å². The fraction of sp³-hybridized carbons (Fsp3) is 0.438. The van der Waals surface area contributed by atoms with Crippen LogP contribution in [-0.2, 0) is 4.79 Å². The molecule has 0 atom stereocenters. The number of hydrogen-bond acceptors (Lipinski definition) is 3. The number of anilines is 1. The first-order chi connectivity index (χ1) is 10.1. The van der Waals surface area contributed by atoms with Crippen molar-refractivity contribution in [1.82, 2.24) is 4.90 Å². The summed E-state index contributed by atoms with van der Waals surface area (Å²) in [6.45, 7) is 5.66. The maximum atomic E-state index is 12.2. The van der Waals surface area contributed by atoms with Crippen LogP contribution in [0.25, 0.3) is 0 Å². The van der Waals surface area contributed by atoms with E-state index < -0.39 is 0 Å². The van der Waals surface area contributed by atoms with Gasteiger partial charge >= 0.3 is 0 Å². The zero-order valence-corrected chi connectivity index (χ0v) is 13.1. The number of ether oxygens (including phenoxy) is 1. The van der Waals surface area contributed by atoms with Crippen LogP contribution in [0.4, 0.5) is 5.69 Å². The summed E-state index contributed by atoms with van der Waals surface area (Å²) in [6.07, 6.45) is 3.33. The second-order valence-electron chi connectivity index (χ2n) is 5.17. The van der Waals surface area contributed by atoms with E-state index in [2.05, 4.69) is 11.9 Å². The predicted octanol–water partition coefficient (Wildman–Crippen LogP) is 3.33. The number of nitrogens with one attached hydrogen (secondary N) is 1. The Morgan fingerprint density at radius 1 is 1.33 bits per heavy atom. The minimum atomic E-state index is -0.00873. The van der Waals surface area contributed by atoms with E-state index in [1.807, 2.05) is 24.1 Å². The molecule has 2 rings (SSSR count). The summed E-state index contributed by atoms with van der Waals surface area (Å²) in [6, 6.07) is 5.37. The average Bonchev–Trinajstić information content (AvgIpc) is 2.52. The van der Waals surface area contributed by atoms with Crippen molar-refractivity contribution in [3.8, 4) is 5.75 Å². The smallest absolute Gasteiger partial charge is 0.252 e.